The van der Waals surface area contributed by atoms with Gasteiger partial charge in [0.25, 0.3) is 5.69 Å². The zero-order valence-electron chi connectivity index (χ0n) is 13.3. The monoisotopic (exact) mass is 361 g/mol. The molecule has 0 fully saturated rings. The number of hydrogen-bond acceptors (Lipinski definition) is 6. The van der Waals surface area contributed by atoms with Crippen LogP contribution in [0.1, 0.15) is 12.5 Å². The second kappa shape index (κ2) is 6.21. The maximum Gasteiger partial charge on any atom is 0.346 e. The van der Waals surface area contributed by atoms with E-state index in [0.717, 1.165) is 17.7 Å². The number of benzene rings is 2. The summed E-state index contributed by atoms with van der Waals surface area (Å²) in [6, 6.07) is 9.86. The third-order valence-electron chi connectivity index (χ3n) is 3.83. The lowest BCUT2D eigenvalue weighted by atomic mass is 10.1. The number of hydrogen-bond donors (Lipinski definition) is 0. The molecule has 0 saturated carbocycles. The second-order valence-corrected chi connectivity index (χ2v) is 7.17. The van der Waals surface area contributed by atoms with Crippen LogP contribution in [0.25, 0.3) is 0 Å². The Labute approximate surface area is 144 Å². The molecule has 7 nitrogen and oxygen atoms in total. The summed E-state index contributed by atoms with van der Waals surface area (Å²) >= 11 is 0. The fourth-order valence-corrected chi connectivity index (χ4v) is 3.70. The largest absolute Gasteiger partial charge is 0.485 e. The van der Waals surface area contributed by atoms with Crippen molar-refractivity contribution >= 4 is 15.8 Å². The van der Waals surface area contributed by atoms with E-state index in [4.69, 9.17) is 8.92 Å². The van der Waals surface area contributed by atoms with Gasteiger partial charge in [0, 0.05) is 18.1 Å². The normalized spacial score (nSPS) is 16.0. The Hall–Kier alpha value is -2.87. The number of rotatable bonds is 5. The van der Waals surface area contributed by atoms with Gasteiger partial charge < -0.3 is 8.92 Å². The molecule has 3 rings (SSSR count). The first kappa shape index (κ1) is 17.0. The van der Waals surface area contributed by atoms with E-state index < -0.39 is 25.6 Å². The first-order valence-corrected chi connectivity index (χ1v) is 8.82. The lowest BCUT2D eigenvalue weighted by Crippen LogP contribution is -2.14. The van der Waals surface area contributed by atoms with Gasteiger partial charge in [0.05, 0.1) is 4.92 Å². The molecule has 0 bridgehead atoms. The average molecular weight is 361 g/mol. The van der Waals surface area contributed by atoms with Crippen LogP contribution in [0.4, 0.5) is 5.69 Å². The summed E-state index contributed by atoms with van der Waals surface area (Å²) in [7, 11) is -4.37. The molecule has 0 unspecified atom stereocenters. The van der Waals surface area contributed by atoms with Crippen molar-refractivity contribution in [3.63, 3.8) is 0 Å². The third-order valence-corrected chi connectivity index (χ3v) is 5.11. The maximum absolute atomic E-state index is 12.6. The molecule has 1 atom stereocenters. The van der Waals surface area contributed by atoms with Gasteiger partial charge in [0.2, 0.25) is 0 Å². The van der Waals surface area contributed by atoms with Crippen molar-refractivity contribution in [2.45, 2.75) is 24.3 Å². The van der Waals surface area contributed by atoms with Crippen LogP contribution in [0, 0.1) is 10.1 Å². The molecule has 0 N–H and O–H groups in total. The number of nitro benzene ring substituents is 1. The van der Waals surface area contributed by atoms with Crippen LogP contribution in [0.15, 0.2) is 59.5 Å². The van der Waals surface area contributed by atoms with Gasteiger partial charge in [-0.15, -0.1) is 0 Å². The van der Waals surface area contributed by atoms with Gasteiger partial charge in [-0.1, -0.05) is 24.8 Å². The molecule has 0 amide bonds. The number of nitro groups is 1. The second-order valence-electron chi connectivity index (χ2n) is 5.65. The summed E-state index contributed by atoms with van der Waals surface area (Å²) in [5.41, 5.74) is 0.868. The molecular weight excluding hydrogens is 346 g/mol. The standard InChI is InChI=1S/C17H15NO6S/c1-11(2)16-10-12-14(23-16)7-5-8-15(12)24-25(21,22)17-9-4-3-6-13(17)18(19)20/h3-9,16H,1,10H2,2H3/t16-/m0/s1. The van der Waals surface area contributed by atoms with E-state index in [1.54, 1.807) is 12.1 Å². The molecule has 25 heavy (non-hydrogen) atoms. The fourth-order valence-electron chi connectivity index (χ4n) is 2.57. The lowest BCUT2D eigenvalue weighted by Gasteiger charge is -2.10. The highest BCUT2D eigenvalue weighted by Gasteiger charge is 2.31. The predicted molar refractivity (Wildman–Crippen MR) is 90.3 cm³/mol. The number of ether oxygens (including phenoxy) is 1. The molecule has 8 heteroatoms. The van der Waals surface area contributed by atoms with Gasteiger partial charge >= 0.3 is 10.1 Å². The molecule has 2 aromatic rings. The Kier molecular flexibility index (Phi) is 4.22. The Morgan fingerprint density at radius 2 is 2.00 bits per heavy atom. The summed E-state index contributed by atoms with van der Waals surface area (Å²) in [6.45, 7) is 5.66. The Morgan fingerprint density at radius 1 is 1.28 bits per heavy atom. The minimum absolute atomic E-state index is 0.0967. The van der Waals surface area contributed by atoms with Crippen LogP contribution in [0.5, 0.6) is 11.5 Å². The van der Waals surface area contributed by atoms with Gasteiger partial charge in [0.15, 0.2) is 4.90 Å². The first-order valence-electron chi connectivity index (χ1n) is 7.41. The summed E-state index contributed by atoms with van der Waals surface area (Å²) in [4.78, 5) is 9.83. The Morgan fingerprint density at radius 3 is 2.68 bits per heavy atom. The van der Waals surface area contributed by atoms with Crippen molar-refractivity contribution in [2.75, 3.05) is 0 Å². The third kappa shape index (κ3) is 3.20. The van der Waals surface area contributed by atoms with E-state index in [0.29, 0.717) is 17.7 Å². The minimum Gasteiger partial charge on any atom is -0.485 e. The van der Waals surface area contributed by atoms with Crippen LogP contribution in [-0.4, -0.2) is 19.4 Å². The van der Waals surface area contributed by atoms with Crippen molar-refractivity contribution < 1.29 is 22.3 Å². The fraction of sp³-hybridized carbons (Fsp3) is 0.176. The van der Waals surface area contributed by atoms with Crippen molar-refractivity contribution in [3.8, 4) is 11.5 Å². The summed E-state index contributed by atoms with van der Waals surface area (Å²) in [5, 5.41) is 11.1. The van der Waals surface area contributed by atoms with Gasteiger partial charge in [-0.3, -0.25) is 10.1 Å². The van der Waals surface area contributed by atoms with E-state index in [9.17, 15) is 18.5 Å². The molecule has 2 aromatic carbocycles. The molecular formula is C17H15NO6S. The summed E-state index contributed by atoms with van der Waals surface area (Å²) < 4.78 is 36.0. The number of para-hydroxylation sites is 1. The highest BCUT2D eigenvalue weighted by Crippen LogP contribution is 2.39. The molecule has 1 aliphatic rings. The molecule has 1 heterocycles. The molecule has 130 valence electrons. The summed E-state index contributed by atoms with van der Waals surface area (Å²) in [6.07, 6.45) is 0.168. The van der Waals surface area contributed by atoms with E-state index in [2.05, 4.69) is 6.58 Å². The van der Waals surface area contributed by atoms with Crippen LogP contribution in [0.2, 0.25) is 0 Å². The Bertz CT molecular complexity index is 967. The zero-order chi connectivity index (χ0) is 18.2. The molecule has 0 spiro atoms. The highest BCUT2D eigenvalue weighted by atomic mass is 32.2. The molecule has 0 aromatic heterocycles. The Balaban J connectivity index is 1.99. The van der Waals surface area contributed by atoms with E-state index >= 15 is 0 Å². The molecule has 0 aliphatic carbocycles. The van der Waals surface area contributed by atoms with Gasteiger partial charge in [-0.25, -0.2) is 0 Å². The molecule has 0 radical (unpaired) electrons. The first-order chi connectivity index (χ1) is 11.8. The number of fused-ring (bicyclic) bond motifs is 1. The maximum atomic E-state index is 12.6. The van der Waals surface area contributed by atoms with Gasteiger partial charge in [0.1, 0.15) is 17.6 Å². The van der Waals surface area contributed by atoms with E-state index in [-0.39, 0.29) is 11.9 Å². The van der Waals surface area contributed by atoms with Crippen LogP contribution >= 0.6 is 0 Å². The van der Waals surface area contributed by atoms with E-state index in [1.165, 1.54) is 18.2 Å². The predicted octanol–water partition coefficient (Wildman–Crippen LogP) is 3.24. The van der Waals surface area contributed by atoms with Crippen LogP contribution < -0.4 is 8.92 Å². The smallest absolute Gasteiger partial charge is 0.346 e. The van der Waals surface area contributed by atoms with Crippen molar-refractivity contribution in [2.24, 2.45) is 0 Å². The average Bonchev–Trinajstić information content (AvgIpc) is 3.00. The topological polar surface area (TPSA) is 95.7 Å². The van der Waals surface area contributed by atoms with Crippen molar-refractivity contribution in [1.82, 2.24) is 0 Å². The zero-order valence-corrected chi connectivity index (χ0v) is 14.2. The van der Waals surface area contributed by atoms with Gasteiger partial charge in [-0.2, -0.15) is 8.42 Å². The molecule has 1 aliphatic heterocycles. The minimum atomic E-state index is -4.37. The molecule has 0 saturated heterocycles. The number of nitrogens with zero attached hydrogens (tertiary/aromatic N) is 1. The van der Waals surface area contributed by atoms with Gasteiger partial charge in [-0.05, 0) is 30.7 Å². The van der Waals surface area contributed by atoms with Crippen molar-refractivity contribution in [1.29, 1.82) is 0 Å². The lowest BCUT2D eigenvalue weighted by molar-refractivity contribution is -0.387. The van der Waals surface area contributed by atoms with E-state index in [1.807, 2.05) is 6.92 Å². The van der Waals surface area contributed by atoms with Crippen molar-refractivity contribution in [3.05, 3.63) is 70.3 Å². The highest BCUT2D eigenvalue weighted by molar-refractivity contribution is 7.87. The van der Waals surface area contributed by atoms with Crippen LogP contribution in [-0.2, 0) is 16.5 Å². The quantitative estimate of drug-likeness (QED) is 0.351. The summed E-state index contributed by atoms with van der Waals surface area (Å²) in [5.74, 6) is 0.614. The SMILES string of the molecule is C=C(C)[C@@H]1Cc2c(cccc2OS(=O)(=O)c2ccccc2[N+](=O)[O-])O1. The van der Waals surface area contributed by atoms with Crippen LogP contribution in [0.3, 0.4) is 0 Å².